The second-order valence-corrected chi connectivity index (χ2v) is 5.39. The molecule has 110 valence electrons. The first-order chi connectivity index (χ1) is 10.1. The van der Waals surface area contributed by atoms with Crippen molar-refractivity contribution in [3.63, 3.8) is 0 Å². The molecule has 2 aromatic rings. The molecule has 21 heavy (non-hydrogen) atoms. The molecule has 0 aliphatic carbocycles. The van der Waals surface area contributed by atoms with Crippen LogP contribution in [0.3, 0.4) is 0 Å². The number of hydrogen-bond donors (Lipinski definition) is 1. The van der Waals surface area contributed by atoms with Crippen LogP contribution in [0.4, 0.5) is 4.39 Å². The van der Waals surface area contributed by atoms with Gasteiger partial charge in [0, 0.05) is 11.0 Å². The van der Waals surface area contributed by atoms with Crippen molar-refractivity contribution < 1.29 is 13.9 Å². The number of rotatable bonds is 5. The fourth-order valence-electron chi connectivity index (χ4n) is 1.92. The third-order valence-corrected chi connectivity index (χ3v) is 3.51. The van der Waals surface area contributed by atoms with E-state index < -0.39 is 0 Å². The Bertz CT molecular complexity index is 629. The number of amides is 1. The molecule has 2 aromatic carbocycles. The third-order valence-electron chi connectivity index (χ3n) is 3.02. The highest BCUT2D eigenvalue weighted by molar-refractivity contribution is 9.10. The fourth-order valence-corrected chi connectivity index (χ4v) is 2.29. The first-order valence-corrected chi connectivity index (χ1v) is 7.25. The van der Waals surface area contributed by atoms with Gasteiger partial charge in [0.2, 0.25) is 0 Å². The minimum atomic E-state index is -0.262. The molecule has 0 aliphatic rings. The number of methoxy groups -OCH3 is 1. The largest absolute Gasteiger partial charge is 0.496 e. The van der Waals surface area contributed by atoms with Crippen molar-refractivity contribution in [2.24, 2.45) is 0 Å². The van der Waals surface area contributed by atoms with E-state index in [0.29, 0.717) is 24.3 Å². The highest BCUT2D eigenvalue weighted by Crippen LogP contribution is 2.22. The summed E-state index contributed by atoms with van der Waals surface area (Å²) in [6, 6.07) is 11.5. The molecule has 1 N–H and O–H groups in total. The lowest BCUT2D eigenvalue weighted by molar-refractivity contribution is 0.0951. The van der Waals surface area contributed by atoms with Gasteiger partial charge in [-0.05, 0) is 42.3 Å². The zero-order valence-corrected chi connectivity index (χ0v) is 13.1. The van der Waals surface area contributed by atoms with Crippen LogP contribution in [0, 0.1) is 5.82 Å². The smallest absolute Gasteiger partial charge is 0.255 e. The molecule has 0 saturated heterocycles. The van der Waals surface area contributed by atoms with Crippen LogP contribution in [0.25, 0.3) is 0 Å². The summed E-state index contributed by atoms with van der Waals surface area (Å²) in [6.45, 7) is 0.472. The number of ether oxygens (including phenoxy) is 1. The maximum Gasteiger partial charge on any atom is 0.255 e. The molecule has 1 amide bonds. The average Bonchev–Trinajstić information content (AvgIpc) is 2.49. The van der Waals surface area contributed by atoms with Crippen molar-refractivity contribution in [3.8, 4) is 5.75 Å². The molecule has 0 atom stereocenters. The quantitative estimate of drug-likeness (QED) is 0.894. The van der Waals surface area contributed by atoms with Gasteiger partial charge >= 0.3 is 0 Å². The summed E-state index contributed by atoms with van der Waals surface area (Å²) in [7, 11) is 1.53. The van der Waals surface area contributed by atoms with Gasteiger partial charge in [-0.1, -0.05) is 28.1 Å². The second kappa shape index (κ2) is 7.22. The Morgan fingerprint density at radius 1 is 1.24 bits per heavy atom. The number of carbonyl (C=O) groups is 1. The standard InChI is InChI=1S/C16H15BrFNO2/c1-21-15-7-4-12(17)10-14(15)16(20)19-9-8-11-2-5-13(18)6-3-11/h2-7,10H,8-9H2,1H3,(H,19,20). The van der Waals surface area contributed by atoms with Gasteiger partial charge in [0.1, 0.15) is 11.6 Å². The Labute approximate surface area is 131 Å². The van der Waals surface area contributed by atoms with Gasteiger partial charge in [0.25, 0.3) is 5.91 Å². The first kappa shape index (κ1) is 15.5. The Hall–Kier alpha value is -1.88. The molecule has 0 aliphatic heterocycles. The summed E-state index contributed by atoms with van der Waals surface area (Å²) in [6.07, 6.45) is 0.641. The summed E-state index contributed by atoms with van der Waals surface area (Å²) in [5, 5.41) is 2.83. The molecular weight excluding hydrogens is 337 g/mol. The molecule has 0 bridgehead atoms. The molecule has 0 aromatic heterocycles. The topological polar surface area (TPSA) is 38.3 Å². The summed E-state index contributed by atoms with van der Waals surface area (Å²) in [5.41, 5.74) is 1.45. The minimum absolute atomic E-state index is 0.199. The summed E-state index contributed by atoms with van der Waals surface area (Å²) in [4.78, 5) is 12.1. The van der Waals surface area contributed by atoms with Gasteiger partial charge in [-0.15, -0.1) is 0 Å². The highest BCUT2D eigenvalue weighted by Gasteiger charge is 2.12. The van der Waals surface area contributed by atoms with Crippen LogP contribution in [-0.4, -0.2) is 19.6 Å². The maximum atomic E-state index is 12.8. The van der Waals surface area contributed by atoms with Gasteiger partial charge in [0.15, 0.2) is 0 Å². The SMILES string of the molecule is COc1ccc(Br)cc1C(=O)NCCc1ccc(F)cc1. The number of halogens is 2. The predicted octanol–water partition coefficient (Wildman–Crippen LogP) is 3.57. The Balaban J connectivity index is 1.95. The van der Waals surface area contributed by atoms with Crippen LogP contribution in [-0.2, 0) is 6.42 Å². The Kier molecular flexibility index (Phi) is 5.33. The summed E-state index contributed by atoms with van der Waals surface area (Å²) in [5.74, 6) is 0.0643. The zero-order chi connectivity index (χ0) is 15.2. The van der Waals surface area contributed by atoms with E-state index in [2.05, 4.69) is 21.2 Å². The van der Waals surface area contributed by atoms with Crippen molar-refractivity contribution in [2.75, 3.05) is 13.7 Å². The van der Waals surface area contributed by atoms with E-state index in [4.69, 9.17) is 4.74 Å². The van der Waals surface area contributed by atoms with E-state index >= 15 is 0 Å². The number of benzene rings is 2. The van der Waals surface area contributed by atoms with Crippen LogP contribution in [0.5, 0.6) is 5.75 Å². The molecule has 0 unspecified atom stereocenters. The van der Waals surface area contributed by atoms with E-state index in [1.807, 2.05) is 6.07 Å². The molecule has 0 radical (unpaired) electrons. The number of nitrogens with one attached hydrogen (secondary N) is 1. The molecule has 0 spiro atoms. The van der Waals surface area contributed by atoms with E-state index in [-0.39, 0.29) is 11.7 Å². The normalized spacial score (nSPS) is 10.2. The molecule has 0 heterocycles. The minimum Gasteiger partial charge on any atom is -0.496 e. The maximum absolute atomic E-state index is 12.8. The van der Waals surface area contributed by atoms with Crippen molar-refractivity contribution >= 4 is 21.8 Å². The van der Waals surface area contributed by atoms with Crippen molar-refractivity contribution in [3.05, 3.63) is 63.9 Å². The van der Waals surface area contributed by atoms with Gasteiger partial charge < -0.3 is 10.1 Å². The summed E-state index contributed by atoms with van der Waals surface area (Å²) < 4.78 is 18.8. The lowest BCUT2D eigenvalue weighted by atomic mass is 10.1. The molecule has 2 rings (SSSR count). The van der Waals surface area contributed by atoms with Gasteiger partial charge in [0.05, 0.1) is 12.7 Å². The lowest BCUT2D eigenvalue weighted by Gasteiger charge is -2.10. The van der Waals surface area contributed by atoms with Gasteiger partial charge in [-0.2, -0.15) is 0 Å². The van der Waals surface area contributed by atoms with Crippen LogP contribution in [0.2, 0.25) is 0 Å². The highest BCUT2D eigenvalue weighted by atomic mass is 79.9. The van der Waals surface area contributed by atoms with Crippen LogP contribution in [0.15, 0.2) is 46.9 Å². The lowest BCUT2D eigenvalue weighted by Crippen LogP contribution is -2.26. The first-order valence-electron chi connectivity index (χ1n) is 6.46. The van der Waals surface area contributed by atoms with Crippen molar-refractivity contribution in [1.29, 1.82) is 0 Å². The molecule has 0 saturated carbocycles. The predicted molar refractivity (Wildman–Crippen MR) is 83.1 cm³/mol. The molecular formula is C16H15BrFNO2. The van der Waals surface area contributed by atoms with Gasteiger partial charge in [-0.25, -0.2) is 4.39 Å². The van der Waals surface area contributed by atoms with Crippen LogP contribution < -0.4 is 10.1 Å². The van der Waals surface area contributed by atoms with E-state index in [0.717, 1.165) is 10.0 Å². The Morgan fingerprint density at radius 2 is 1.95 bits per heavy atom. The van der Waals surface area contributed by atoms with Gasteiger partial charge in [-0.3, -0.25) is 4.79 Å². The van der Waals surface area contributed by atoms with E-state index in [1.165, 1.54) is 19.2 Å². The molecule has 0 fully saturated rings. The monoisotopic (exact) mass is 351 g/mol. The molecule has 3 nitrogen and oxygen atoms in total. The van der Waals surface area contributed by atoms with Crippen molar-refractivity contribution in [2.45, 2.75) is 6.42 Å². The zero-order valence-electron chi connectivity index (χ0n) is 11.5. The third kappa shape index (κ3) is 4.29. The second-order valence-electron chi connectivity index (χ2n) is 4.48. The number of hydrogen-bond acceptors (Lipinski definition) is 2. The average molecular weight is 352 g/mol. The number of carbonyl (C=O) groups excluding carboxylic acids is 1. The Morgan fingerprint density at radius 3 is 2.62 bits per heavy atom. The van der Waals surface area contributed by atoms with Crippen LogP contribution >= 0.6 is 15.9 Å². The van der Waals surface area contributed by atoms with Crippen LogP contribution in [0.1, 0.15) is 15.9 Å². The van der Waals surface area contributed by atoms with E-state index in [9.17, 15) is 9.18 Å². The van der Waals surface area contributed by atoms with Crippen molar-refractivity contribution in [1.82, 2.24) is 5.32 Å². The fraction of sp³-hybridized carbons (Fsp3) is 0.188. The molecule has 5 heteroatoms. The summed E-state index contributed by atoms with van der Waals surface area (Å²) >= 11 is 3.33. The van der Waals surface area contributed by atoms with E-state index in [1.54, 1.807) is 24.3 Å².